The highest BCUT2D eigenvalue weighted by molar-refractivity contribution is 6.34. The second kappa shape index (κ2) is 6.29. The third kappa shape index (κ3) is 3.63. The molecule has 0 radical (unpaired) electrons. The summed E-state index contributed by atoms with van der Waals surface area (Å²) in [6.45, 7) is 2.04. The number of para-hydroxylation sites is 1. The van der Waals surface area contributed by atoms with Gasteiger partial charge in [-0.25, -0.2) is 0 Å². The SMILES string of the molecule is CC[C@@H](N)c1ccccc1Oc1cc(Cl)cc(Cl)c1. The molecule has 2 aromatic carbocycles. The van der Waals surface area contributed by atoms with Gasteiger partial charge in [0.15, 0.2) is 0 Å². The second-order valence-electron chi connectivity index (χ2n) is 4.26. The number of ether oxygens (including phenoxy) is 1. The van der Waals surface area contributed by atoms with E-state index in [0.29, 0.717) is 15.8 Å². The first-order valence-corrected chi connectivity index (χ1v) is 6.84. The molecule has 0 aromatic heterocycles. The van der Waals surface area contributed by atoms with E-state index in [-0.39, 0.29) is 6.04 Å². The highest BCUT2D eigenvalue weighted by Crippen LogP contribution is 2.32. The highest BCUT2D eigenvalue weighted by Gasteiger charge is 2.11. The number of halogens is 2. The number of rotatable bonds is 4. The zero-order chi connectivity index (χ0) is 13.8. The van der Waals surface area contributed by atoms with E-state index in [1.165, 1.54) is 0 Å². The van der Waals surface area contributed by atoms with E-state index in [2.05, 4.69) is 0 Å². The van der Waals surface area contributed by atoms with E-state index >= 15 is 0 Å². The van der Waals surface area contributed by atoms with Crippen LogP contribution in [0.2, 0.25) is 10.0 Å². The normalized spacial score (nSPS) is 12.2. The Labute approximate surface area is 123 Å². The van der Waals surface area contributed by atoms with Crippen molar-refractivity contribution in [2.75, 3.05) is 0 Å². The molecule has 0 unspecified atom stereocenters. The summed E-state index contributed by atoms with van der Waals surface area (Å²) in [7, 11) is 0. The summed E-state index contributed by atoms with van der Waals surface area (Å²) in [5.74, 6) is 1.34. The number of hydrogen-bond donors (Lipinski definition) is 1. The predicted molar refractivity (Wildman–Crippen MR) is 80.2 cm³/mol. The van der Waals surface area contributed by atoms with Crippen molar-refractivity contribution in [2.45, 2.75) is 19.4 Å². The fourth-order valence-electron chi connectivity index (χ4n) is 1.81. The van der Waals surface area contributed by atoms with Gasteiger partial charge in [0.25, 0.3) is 0 Å². The predicted octanol–water partition coefficient (Wildman–Crippen LogP) is 5.20. The molecule has 0 saturated heterocycles. The fourth-order valence-corrected chi connectivity index (χ4v) is 2.32. The molecule has 0 spiro atoms. The van der Waals surface area contributed by atoms with Crippen LogP contribution in [0, 0.1) is 0 Å². The van der Waals surface area contributed by atoms with Crippen molar-refractivity contribution in [2.24, 2.45) is 5.73 Å². The van der Waals surface area contributed by atoms with Crippen LogP contribution in [0.15, 0.2) is 42.5 Å². The molecular weight excluding hydrogens is 281 g/mol. The lowest BCUT2D eigenvalue weighted by Gasteiger charge is -2.15. The van der Waals surface area contributed by atoms with Gasteiger partial charge >= 0.3 is 0 Å². The molecule has 19 heavy (non-hydrogen) atoms. The van der Waals surface area contributed by atoms with E-state index in [0.717, 1.165) is 17.7 Å². The van der Waals surface area contributed by atoms with Crippen LogP contribution < -0.4 is 10.5 Å². The lowest BCUT2D eigenvalue weighted by atomic mass is 10.0. The fraction of sp³-hybridized carbons (Fsp3) is 0.200. The van der Waals surface area contributed by atoms with Crippen LogP contribution >= 0.6 is 23.2 Å². The molecule has 4 heteroatoms. The Bertz CT molecular complexity index is 552. The summed E-state index contributed by atoms with van der Waals surface area (Å²) in [4.78, 5) is 0. The Kier molecular flexibility index (Phi) is 4.70. The second-order valence-corrected chi connectivity index (χ2v) is 5.13. The molecule has 2 aromatic rings. The Balaban J connectivity index is 2.32. The van der Waals surface area contributed by atoms with Crippen molar-refractivity contribution >= 4 is 23.2 Å². The topological polar surface area (TPSA) is 35.2 Å². The first-order chi connectivity index (χ1) is 9.10. The first-order valence-electron chi connectivity index (χ1n) is 6.08. The van der Waals surface area contributed by atoms with Crippen molar-refractivity contribution in [3.63, 3.8) is 0 Å². The Morgan fingerprint density at radius 1 is 1.11 bits per heavy atom. The van der Waals surface area contributed by atoms with Crippen LogP contribution in [0.3, 0.4) is 0 Å². The standard InChI is InChI=1S/C15H15Cl2NO/c1-2-14(18)13-5-3-4-6-15(13)19-12-8-10(16)7-11(17)9-12/h3-9,14H,2,18H2,1H3/t14-/m1/s1. The van der Waals surface area contributed by atoms with Gasteiger partial charge in [0.05, 0.1) is 0 Å². The van der Waals surface area contributed by atoms with Gasteiger partial charge in [-0.3, -0.25) is 0 Å². The molecule has 1 atom stereocenters. The van der Waals surface area contributed by atoms with Gasteiger partial charge in [0.2, 0.25) is 0 Å². The molecule has 0 amide bonds. The molecule has 0 fully saturated rings. The maximum atomic E-state index is 6.08. The molecule has 0 aliphatic carbocycles. The molecule has 0 bridgehead atoms. The molecule has 2 nitrogen and oxygen atoms in total. The van der Waals surface area contributed by atoms with Crippen molar-refractivity contribution in [1.29, 1.82) is 0 Å². The Morgan fingerprint density at radius 3 is 2.37 bits per heavy atom. The summed E-state index contributed by atoms with van der Waals surface area (Å²) < 4.78 is 5.85. The Hall–Kier alpha value is -1.22. The third-order valence-corrected chi connectivity index (χ3v) is 3.26. The Morgan fingerprint density at radius 2 is 1.74 bits per heavy atom. The van der Waals surface area contributed by atoms with Gasteiger partial charge in [-0.1, -0.05) is 48.3 Å². The molecule has 2 rings (SSSR count). The summed E-state index contributed by atoms with van der Waals surface area (Å²) in [6, 6.07) is 12.8. The van der Waals surface area contributed by atoms with E-state index < -0.39 is 0 Å². The minimum absolute atomic E-state index is 0.0501. The van der Waals surface area contributed by atoms with Crippen LogP contribution in [0.1, 0.15) is 24.9 Å². The molecule has 0 heterocycles. The van der Waals surface area contributed by atoms with Crippen LogP contribution in [0.5, 0.6) is 11.5 Å². The monoisotopic (exact) mass is 295 g/mol. The lowest BCUT2D eigenvalue weighted by Crippen LogP contribution is -2.09. The number of benzene rings is 2. The molecule has 0 aliphatic rings. The maximum absolute atomic E-state index is 6.08. The molecule has 2 N–H and O–H groups in total. The van der Waals surface area contributed by atoms with E-state index in [1.54, 1.807) is 18.2 Å². The number of hydrogen-bond acceptors (Lipinski definition) is 2. The molecule has 100 valence electrons. The van der Waals surface area contributed by atoms with Gasteiger partial charge in [-0.2, -0.15) is 0 Å². The van der Waals surface area contributed by atoms with Crippen molar-refractivity contribution in [3.05, 3.63) is 58.1 Å². The summed E-state index contributed by atoms with van der Waals surface area (Å²) in [6.07, 6.45) is 0.844. The van der Waals surface area contributed by atoms with Crippen LogP contribution in [-0.2, 0) is 0 Å². The quantitative estimate of drug-likeness (QED) is 0.842. The highest BCUT2D eigenvalue weighted by atomic mass is 35.5. The summed E-state index contributed by atoms with van der Waals surface area (Å²) in [5, 5.41) is 1.08. The van der Waals surface area contributed by atoms with Crippen LogP contribution in [0.25, 0.3) is 0 Å². The molecule has 0 aliphatic heterocycles. The smallest absolute Gasteiger partial charge is 0.132 e. The van der Waals surface area contributed by atoms with Crippen molar-refractivity contribution in [1.82, 2.24) is 0 Å². The minimum Gasteiger partial charge on any atom is -0.457 e. The van der Waals surface area contributed by atoms with Gasteiger partial charge in [0.1, 0.15) is 11.5 Å². The van der Waals surface area contributed by atoms with E-state index in [4.69, 9.17) is 33.7 Å². The van der Waals surface area contributed by atoms with Gasteiger partial charge in [-0.05, 0) is 30.7 Å². The van der Waals surface area contributed by atoms with E-state index in [9.17, 15) is 0 Å². The molecular formula is C15H15Cl2NO. The van der Waals surface area contributed by atoms with Gasteiger partial charge < -0.3 is 10.5 Å². The zero-order valence-corrected chi connectivity index (χ0v) is 12.1. The average Bonchev–Trinajstić information content (AvgIpc) is 2.37. The number of nitrogens with two attached hydrogens (primary N) is 1. The lowest BCUT2D eigenvalue weighted by molar-refractivity contribution is 0.469. The van der Waals surface area contributed by atoms with Gasteiger partial charge in [0, 0.05) is 21.7 Å². The third-order valence-electron chi connectivity index (χ3n) is 2.82. The van der Waals surface area contributed by atoms with Crippen LogP contribution in [-0.4, -0.2) is 0 Å². The van der Waals surface area contributed by atoms with Crippen molar-refractivity contribution in [3.8, 4) is 11.5 Å². The summed E-state index contributed by atoms with van der Waals surface area (Å²) in [5.41, 5.74) is 7.05. The minimum atomic E-state index is -0.0501. The maximum Gasteiger partial charge on any atom is 0.132 e. The largest absolute Gasteiger partial charge is 0.457 e. The van der Waals surface area contributed by atoms with Gasteiger partial charge in [-0.15, -0.1) is 0 Å². The summed E-state index contributed by atoms with van der Waals surface area (Å²) >= 11 is 11.9. The first kappa shape index (κ1) is 14.2. The van der Waals surface area contributed by atoms with Crippen molar-refractivity contribution < 1.29 is 4.74 Å². The van der Waals surface area contributed by atoms with Crippen LogP contribution in [0.4, 0.5) is 0 Å². The molecule has 0 saturated carbocycles. The zero-order valence-electron chi connectivity index (χ0n) is 10.6. The van der Waals surface area contributed by atoms with E-state index in [1.807, 2.05) is 31.2 Å². The average molecular weight is 296 g/mol.